The number of nitrogens with one attached hydrogen (secondary N) is 1. The second-order valence-corrected chi connectivity index (χ2v) is 9.89. The van der Waals surface area contributed by atoms with Crippen LogP contribution in [0.5, 0.6) is 17.4 Å². The predicted octanol–water partition coefficient (Wildman–Crippen LogP) is 4.22. The largest absolute Gasteiger partial charge is 0.494 e. The van der Waals surface area contributed by atoms with Gasteiger partial charge in [-0.3, -0.25) is 9.36 Å². The number of amides is 1. The minimum Gasteiger partial charge on any atom is -0.494 e. The van der Waals surface area contributed by atoms with Gasteiger partial charge >= 0.3 is 0 Å². The van der Waals surface area contributed by atoms with Crippen molar-refractivity contribution in [3.63, 3.8) is 0 Å². The Labute approximate surface area is 231 Å². The van der Waals surface area contributed by atoms with Crippen LogP contribution in [0.4, 0.5) is 5.82 Å². The molecule has 0 unspecified atom stereocenters. The number of hydrogen-bond donors (Lipinski definition) is 1. The Hall–Kier alpha value is -4.06. The van der Waals surface area contributed by atoms with Crippen LogP contribution in [-0.2, 0) is 4.79 Å². The number of pyridine rings is 1. The summed E-state index contributed by atoms with van der Waals surface area (Å²) < 4.78 is 22.2. The summed E-state index contributed by atoms with van der Waals surface area (Å²) in [6.45, 7) is 3.19. The molecule has 1 aromatic carbocycles. The maximum Gasteiger partial charge on any atom is 0.222 e. The van der Waals surface area contributed by atoms with Crippen LogP contribution in [0.1, 0.15) is 19.8 Å². The minimum absolute atomic E-state index is 0.192. The average Bonchev–Trinajstić information content (AvgIpc) is 3.33. The van der Waals surface area contributed by atoms with Crippen LogP contribution in [0.3, 0.4) is 0 Å². The van der Waals surface area contributed by atoms with E-state index in [0.717, 1.165) is 18.7 Å². The van der Waals surface area contributed by atoms with Gasteiger partial charge in [0.05, 0.1) is 27.0 Å². The van der Waals surface area contributed by atoms with Crippen molar-refractivity contribution in [2.75, 3.05) is 44.9 Å². The molecular weight excluding hydrogens is 518 g/mol. The van der Waals surface area contributed by atoms with Gasteiger partial charge in [0.15, 0.2) is 22.9 Å². The van der Waals surface area contributed by atoms with Crippen LogP contribution in [-0.4, -0.2) is 75.5 Å². The normalized spacial score (nSPS) is 15.4. The van der Waals surface area contributed by atoms with E-state index in [-0.39, 0.29) is 5.91 Å². The number of piperidine rings is 1. The van der Waals surface area contributed by atoms with Gasteiger partial charge in [0, 0.05) is 31.8 Å². The lowest BCUT2D eigenvalue weighted by molar-refractivity contribution is -0.133. The molecule has 1 aliphatic heterocycles. The van der Waals surface area contributed by atoms with Crippen molar-refractivity contribution < 1.29 is 19.0 Å². The monoisotopic (exact) mass is 549 g/mol. The minimum atomic E-state index is 0.192. The number of rotatable bonds is 10. The summed E-state index contributed by atoms with van der Waals surface area (Å²) in [5.41, 5.74) is 2.17. The topological polar surface area (TPSA) is 117 Å². The molecule has 1 atom stereocenters. The Kier molecular flexibility index (Phi) is 8.01. The number of anilines is 1. The van der Waals surface area contributed by atoms with E-state index in [2.05, 4.69) is 14.7 Å². The highest BCUT2D eigenvalue weighted by molar-refractivity contribution is 8.00. The van der Waals surface area contributed by atoms with E-state index in [9.17, 15) is 4.79 Å². The van der Waals surface area contributed by atoms with Crippen molar-refractivity contribution in [1.82, 2.24) is 29.4 Å². The second-order valence-electron chi connectivity index (χ2n) is 9.07. The molecule has 0 aliphatic carbocycles. The van der Waals surface area contributed by atoms with Gasteiger partial charge in [-0.05, 0) is 37.5 Å². The van der Waals surface area contributed by atoms with E-state index in [0.29, 0.717) is 70.6 Å². The summed E-state index contributed by atoms with van der Waals surface area (Å²) in [6, 6.07) is 11.1. The number of nitrogens with zero attached hydrogens (tertiary/aromatic N) is 6. The number of ether oxygens (including phenoxy) is 3. The molecule has 1 aliphatic rings. The van der Waals surface area contributed by atoms with Crippen molar-refractivity contribution in [3.05, 3.63) is 42.6 Å². The highest BCUT2D eigenvalue weighted by Crippen LogP contribution is 2.38. The highest BCUT2D eigenvalue weighted by atomic mass is 32.2. The summed E-state index contributed by atoms with van der Waals surface area (Å²) in [5, 5.41) is 0. The molecule has 4 heterocycles. The fourth-order valence-electron chi connectivity index (χ4n) is 4.49. The molecule has 204 valence electrons. The summed E-state index contributed by atoms with van der Waals surface area (Å²) in [5.74, 6) is 4.05. The Morgan fingerprint density at radius 1 is 1.08 bits per heavy atom. The number of benzene rings is 1. The molecule has 3 aromatic heterocycles. The molecular formula is C27H31N7O4S. The van der Waals surface area contributed by atoms with Gasteiger partial charge in [-0.15, -0.1) is 0 Å². The van der Waals surface area contributed by atoms with Crippen LogP contribution < -0.4 is 18.9 Å². The van der Waals surface area contributed by atoms with Crippen LogP contribution in [0.2, 0.25) is 0 Å². The average molecular weight is 550 g/mol. The molecule has 1 saturated heterocycles. The SMILES string of the molecule is CCOc1cccc(-c2nc3ncc(NSC[C@@H]4CCN(C)C(=O)C4)nc3n2-c2c(OC)cccc2OC)n1. The number of aromatic nitrogens is 5. The number of methoxy groups -OCH3 is 2. The first kappa shape index (κ1) is 26.5. The summed E-state index contributed by atoms with van der Waals surface area (Å²) in [6.07, 6.45) is 3.20. The zero-order chi connectivity index (χ0) is 27.4. The Balaban J connectivity index is 1.55. The van der Waals surface area contributed by atoms with Gasteiger partial charge in [0.25, 0.3) is 0 Å². The van der Waals surface area contributed by atoms with E-state index in [1.54, 1.807) is 31.4 Å². The third kappa shape index (κ3) is 5.56. The molecule has 4 aromatic rings. The van der Waals surface area contributed by atoms with Crippen molar-refractivity contribution in [2.45, 2.75) is 19.8 Å². The van der Waals surface area contributed by atoms with Gasteiger partial charge in [-0.2, -0.15) is 0 Å². The molecule has 5 rings (SSSR count). The lowest BCUT2D eigenvalue weighted by atomic mass is 9.99. The first-order chi connectivity index (χ1) is 19.0. The lowest BCUT2D eigenvalue weighted by Gasteiger charge is -2.28. The van der Waals surface area contributed by atoms with Crippen molar-refractivity contribution >= 4 is 35.0 Å². The molecule has 1 N–H and O–H groups in total. The predicted molar refractivity (Wildman–Crippen MR) is 151 cm³/mol. The number of hydrogen-bond acceptors (Lipinski definition) is 10. The third-order valence-electron chi connectivity index (χ3n) is 6.50. The van der Waals surface area contributed by atoms with Crippen LogP contribution in [0, 0.1) is 5.92 Å². The second kappa shape index (κ2) is 11.8. The fraction of sp³-hybridized carbons (Fsp3) is 0.370. The van der Waals surface area contributed by atoms with E-state index < -0.39 is 0 Å². The zero-order valence-corrected chi connectivity index (χ0v) is 23.2. The number of imidazole rings is 1. The number of carbonyl (C=O) groups is 1. The van der Waals surface area contributed by atoms with Gasteiger partial charge in [-0.25, -0.2) is 19.9 Å². The fourth-order valence-corrected chi connectivity index (χ4v) is 5.34. The smallest absolute Gasteiger partial charge is 0.222 e. The summed E-state index contributed by atoms with van der Waals surface area (Å²) in [4.78, 5) is 32.8. The van der Waals surface area contributed by atoms with Crippen molar-refractivity contribution in [1.29, 1.82) is 0 Å². The van der Waals surface area contributed by atoms with E-state index in [1.165, 1.54) is 11.9 Å². The van der Waals surface area contributed by atoms with Gasteiger partial charge in [0.1, 0.15) is 22.9 Å². The number of fused-ring (bicyclic) bond motifs is 1. The molecule has 0 bridgehead atoms. The Morgan fingerprint density at radius 3 is 2.56 bits per heavy atom. The molecule has 1 amide bonds. The maximum atomic E-state index is 12.1. The third-order valence-corrected chi connectivity index (χ3v) is 7.49. The molecule has 0 saturated carbocycles. The van der Waals surface area contributed by atoms with Crippen LogP contribution in [0.15, 0.2) is 42.6 Å². The number of para-hydroxylation sites is 1. The van der Waals surface area contributed by atoms with Gasteiger partial charge in [0.2, 0.25) is 11.8 Å². The molecule has 0 radical (unpaired) electrons. The molecule has 1 fully saturated rings. The van der Waals surface area contributed by atoms with E-state index >= 15 is 0 Å². The van der Waals surface area contributed by atoms with Crippen LogP contribution >= 0.6 is 11.9 Å². The molecule has 12 heteroatoms. The van der Waals surface area contributed by atoms with E-state index in [1.807, 2.05) is 48.9 Å². The zero-order valence-electron chi connectivity index (χ0n) is 22.4. The lowest BCUT2D eigenvalue weighted by Crippen LogP contribution is -2.36. The highest BCUT2D eigenvalue weighted by Gasteiger charge is 2.25. The number of carbonyl (C=O) groups excluding carboxylic acids is 1. The Morgan fingerprint density at radius 2 is 1.85 bits per heavy atom. The van der Waals surface area contributed by atoms with Crippen LogP contribution in [0.25, 0.3) is 28.5 Å². The number of likely N-dealkylation sites (tertiary alicyclic amines) is 1. The first-order valence-corrected chi connectivity index (χ1v) is 13.7. The summed E-state index contributed by atoms with van der Waals surface area (Å²) >= 11 is 1.52. The molecule has 39 heavy (non-hydrogen) atoms. The van der Waals surface area contributed by atoms with E-state index in [4.69, 9.17) is 24.2 Å². The van der Waals surface area contributed by atoms with Gasteiger partial charge < -0.3 is 23.8 Å². The summed E-state index contributed by atoms with van der Waals surface area (Å²) in [7, 11) is 5.06. The van der Waals surface area contributed by atoms with Gasteiger partial charge in [-0.1, -0.05) is 24.1 Å². The standard InChI is InChI=1S/C27H31N7O4S/c1-5-38-22-11-6-8-18(29-22)26-31-25-27(34(26)24-19(36-3)9-7-10-20(24)37-4)30-21(15-28-25)32-39-16-17-12-13-33(2)23(35)14-17/h6-11,15,17H,5,12-14,16H2,1-4H3,(H,30,32)/t17-/m1/s1. The Bertz CT molecular complexity index is 1460. The molecule has 11 nitrogen and oxygen atoms in total. The van der Waals surface area contributed by atoms with Crippen molar-refractivity contribution in [3.8, 4) is 34.6 Å². The quantitative estimate of drug-likeness (QED) is 0.288. The van der Waals surface area contributed by atoms with Crippen molar-refractivity contribution in [2.24, 2.45) is 5.92 Å². The first-order valence-electron chi connectivity index (χ1n) is 12.7. The molecule has 0 spiro atoms. The maximum absolute atomic E-state index is 12.1.